The Kier molecular flexibility index (Phi) is 6.03. The number of carbonyl (C=O) groups is 3. The number of ether oxygens (including phenoxy) is 2. The molecule has 0 spiro atoms. The van der Waals surface area contributed by atoms with E-state index in [1.807, 2.05) is 13.8 Å². The quantitative estimate of drug-likeness (QED) is 0.445. The van der Waals surface area contributed by atoms with Crippen LogP contribution in [-0.2, 0) is 9.59 Å². The van der Waals surface area contributed by atoms with Gasteiger partial charge in [0.1, 0.15) is 0 Å². The Morgan fingerprint density at radius 1 is 1.25 bits per heavy atom. The number of nitrogens with zero attached hydrogens (tertiary/aromatic N) is 1. The molecule has 0 bridgehead atoms. The number of hydrogen-bond donors (Lipinski definition) is 0. The second kappa shape index (κ2) is 8.01. The van der Waals surface area contributed by atoms with Crippen molar-refractivity contribution < 1.29 is 23.9 Å². The molecule has 1 heterocycles. The molecule has 0 unspecified atom stereocenters. The highest BCUT2D eigenvalue weighted by atomic mass is 32.2. The van der Waals surface area contributed by atoms with Crippen LogP contribution in [0.4, 0.5) is 4.79 Å². The Morgan fingerprint density at radius 2 is 2.00 bits per heavy atom. The summed E-state index contributed by atoms with van der Waals surface area (Å²) in [5, 5.41) is -0.255. The summed E-state index contributed by atoms with van der Waals surface area (Å²) in [5.41, 5.74) is 0.691. The topological polar surface area (TPSA) is 72.9 Å². The third-order valence-electron chi connectivity index (χ3n) is 3.14. The third kappa shape index (κ3) is 4.17. The van der Waals surface area contributed by atoms with Gasteiger partial charge in [-0.15, -0.1) is 0 Å². The molecule has 0 radical (unpaired) electrons. The van der Waals surface area contributed by atoms with Crippen molar-refractivity contribution in [3.63, 3.8) is 0 Å². The zero-order valence-electron chi connectivity index (χ0n) is 13.8. The van der Waals surface area contributed by atoms with E-state index in [4.69, 9.17) is 9.47 Å². The molecule has 0 saturated carbocycles. The lowest BCUT2D eigenvalue weighted by molar-refractivity contribution is -0.132. The minimum atomic E-state index is -0.440. The van der Waals surface area contributed by atoms with E-state index in [0.29, 0.717) is 35.1 Å². The van der Waals surface area contributed by atoms with E-state index in [1.54, 1.807) is 24.3 Å². The maximum absolute atomic E-state index is 12.2. The molecule has 0 aromatic heterocycles. The second-order valence-corrected chi connectivity index (χ2v) is 6.06. The number of hydrogen-bond acceptors (Lipinski definition) is 6. The first kappa shape index (κ1) is 18.1. The molecule has 0 N–H and O–H groups in total. The van der Waals surface area contributed by atoms with Crippen LogP contribution in [0.1, 0.15) is 32.8 Å². The number of carbonyl (C=O) groups excluding carboxylic acids is 3. The van der Waals surface area contributed by atoms with Gasteiger partial charge in [-0.2, -0.15) is 0 Å². The van der Waals surface area contributed by atoms with Crippen molar-refractivity contribution in [3.05, 3.63) is 28.7 Å². The predicted octanol–water partition coefficient (Wildman–Crippen LogP) is 3.46. The molecule has 1 aliphatic rings. The van der Waals surface area contributed by atoms with Crippen LogP contribution >= 0.6 is 11.8 Å². The third-order valence-corrected chi connectivity index (χ3v) is 4.05. The van der Waals surface area contributed by atoms with Crippen LogP contribution in [-0.4, -0.2) is 35.2 Å². The molecule has 0 aliphatic carbocycles. The molecule has 128 valence electrons. The van der Waals surface area contributed by atoms with Crippen molar-refractivity contribution in [2.45, 2.75) is 27.2 Å². The average molecular weight is 349 g/mol. The van der Waals surface area contributed by atoms with Crippen LogP contribution in [0.25, 0.3) is 6.08 Å². The van der Waals surface area contributed by atoms with Crippen LogP contribution < -0.4 is 9.47 Å². The van der Waals surface area contributed by atoms with Gasteiger partial charge in [0.25, 0.3) is 11.1 Å². The normalized spacial score (nSPS) is 16.0. The Bertz CT molecular complexity index is 698. The molecule has 7 heteroatoms. The lowest BCUT2D eigenvalue weighted by Gasteiger charge is -2.11. The highest BCUT2D eigenvalue weighted by Crippen LogP contribution is 2.34. The van der Waals surface area contributed by atoms with Gasteiger partial charge in [-0.05, 0) is 48.9 Å². The monoisotopic (exact) mass is 349 g/mol. The van der Waals surface area contributed by atoms with Crippen LogP contribution in [0.3, 0.4) is 0 Å². The molecule has 1 aliphatic heterocycles. The van der Waals surface area contributed by atoms with Gasteiger partial charge >= 0.3 is 5.97 Å². The summed E-state index contributed by atoms with van der Waals surface area (Å²) in [7, 11) is 0. The predicted molar refractivity (Wildman–Crippen MR) is 91.9 cm³/mol. The fourth-order valence-corrected chi connectivity index (χ4v) is 3.05. The van der Waals surface area contributed by atoms with Gasteiger partial charge in [0.15, 0.2) is 11.5 Å². The van der Waals surface area contributed by atoms with Gasteiger partial charge in [0.2, 0.25) is 0 Å². The van der Waals surface area contributed by atoms with Crippen molar-refractivity contribution in [2.75, 3.05) is 13.2 Å². The van der Waals surface area contributed by atoms with Crippen molar-refractivity contribution in [3.8, 4) is 11.5 Å². The largest absolute Gasteiger partial charge is 0.490 e. The first-order valence-electron chi connectivity index (χ1n) is 7.66. The zero-order chi connectivity index (χ0) is 17.7. The van der Waals surface area contributed by atoms with E-state index in [0.717, 1.165) is 18.2 Å². The summed E-state index contributed by atoms with van der Waals surface area (Å²) in [4.78, 5) is 36.9. The summed E-state index contributed by atoms with van der Waals surface area (Å²) in [6, 6.07) is 4.98. The average Bonchev–Trinajstić information content (AvgIpc) is 2.78. The fourth-order valence-electron chi connectivity index (χ4n) is 2.19. The summed E-state index contributed by atoms with van der Waals surface area (Å²) in [6.07, 6.45) is 2.36. The van der Waals surface area contributed by atoms with Crippen LogP contribution in [0.15, 0.2) is 23.1 Å². The lowest BCUT2D eigenvalue weighted by Crippen LogP contribution is -2.28. The number of benzene rings is 1. The first-order valence-corrected chi connectivity index (χ1v) is 8.48. The molecular weight excluding hydrogens is 330 g/mol. The van der Waals surface area contributed by atoms with E-state index in [-0.39, 0.29) is 11.1 Å². The smallest absolute Gasteiger partial charge is 0.308 e. The van der Waals surface area contributed by atoms with Crippen LogP contribution in [0.2, 0.25) is 0 Å². The van der Waals surface area contributed by atoms with E-state index >= 15 is 0 Å². The lowest BCUT2D eigenvalue weighted by atomic mass is 10.2. The van der Waals surface area contributed by atoms with E-state index in [2.05, 4.69) is 0 Å². The number of esters is 1. The standard InChI is InChI=1S/C17H19NO5S/c1-4-8-18-16(20)15(24-17(18)21)10-12-6-7-13(23-11(3)19)14(9-12)22-5-2/h6-7,9-10H,4-5,8H2,1-3H3/b15-10+. The van der Waals surface area contributed by atoms with Crippen LogP contribution in [0, 0.1) is 0 Å². The second-order valence-electron chi connectivity index (χ2n) is 5.07. The maximum Gasteiger partial charge on any atom is 0.308 e. The number of imide groups is 1. The molecule has 1 saturated heterocycles. The minimum Gasteiger partial charge on any atom is -0.490 e. The fraction of sp³-hybridized carbons (Fsp3) is 0.353. The molecule has 0 atom stereocenters. The summed E-state index contributed by atoms with van der Waals surface area (Å²) >= 11 is 0.923. The summed E-state index contributed by atoms with van der Waals surface area (Å²) in [5.74, 6) is 0.00749. The molecule has 2 amide bonds. The van der Waals surface area contributed by atoms with Crippen molar-refractivity contribution in [1.29, 1.82) is 0 Å². The highest BCUT2D eigenvalue weighted by molar-refractivity contribution is 8.18. The van der Waals surface area contributed by atoms with Gasteiger partial charge in [-0.3, -0.25) is 19.3 Å². The first-order chi connectivity index (χ1) is 11.5. The van der Waals surface area contributed by atoms with Gasteiger partial charge in [0, 0.05) is 13.5 Å². The number of rotatable bonds is 6. The number of amides is 2. The van der Waals surface area contributed by atoms with Crippen molar-refractivity contribution in [2.24, 2.45) is 0 Å². The Hall–Kier alpha value is -2.28. The Labute approximate surface area is 144 Å². The van der Waals surface area contributed by atoms with Gasteiger partial charge in [0.05, 0.1) is 11.5 Å². The molecule has 6 nitrogen and oxygen atoms in total. The van der Waals surface area contributed by atoms with Crippen molar-refractivity contribution in [1.82, 2.24) is 4.90 Å². The Balaban J connectivity index is 2.29. The van der Waals surface area contributed by atoms with Crippen LogP contribution in [0.5, 0.6) is 11.5 Å². The summed E-state index contributed by atoms with van der Waals surface area (Å²) < 4.78 is 10.6. The van der Waals surface area contributed by atoms with Crippen molar-refractivity contribution >= 4 is 35.0 Å². The van der Waals surface area contributed by atoms with Gasteiger partial charge in [-0.1, -0.05) is 13.0 Å². The molecule has 1 aromatic carbocycles. The Morgan fingerprint density at radius 3 is 2.62 bits per heavy atom. The summed E-state index contributed by atoms with van der Waals surface area (Å²) in [6.45, 7) is 5.87. The van der Waals surface area contributed by atoms with Gasteiger partial charge in [-0.25, -0.2) is 0 Å². The highest BCUT2D eigenvalue weighted by Gasteiger charge is 2.34. The zero-order valence-corrected chi connectivity index (χ0v) is 14.6. The van der Waals surface area contributed by atoms with Gasteiger partial charge < -0.3 is 9.47 Å². The molecule has 2 rings (SSSR count). The minimum absolute atomic E-state index is 0.255. The maximum atomic E-state index is 12.2. The SMILES string of the molecule is CCCN1C(=O)S/C(=C/c2ccc(OC(C)=O)c(OCC)c2)C1=O. The number of thioether (sulfide) groups is 1. The van der Waals surface area contributed by atoms with E-state index in [1.165, 1.54) is 11.8 Å². The molecular formula is C17H19NO5S. The van der Waals surface area contributed by atoms with E-state index in [9.17, 15) is 14.4 Å². The molecule has 1 aromatic rings. The molecule has 1 fully saturated rings. The molecule has 24 heavy (non-hydrogen) atoms. The van der Waals surface area contributed by atoms with E-state index < -0.39 is 5.97 Å².